The number of fused-ring (bicyclic) bond motifs is 1. The van der Waals surface area contributed by atoms with E-state index in [1.54, 1.807) is 0 Å². The largest absolute Gasteiger partial charge is 0.342 e. The van der Waals surface area contributed by atoms with Crippen LogP contribution in [0.5, 0.6) is 0 Å². The van der Waals surface area contributed by atoms with Crippen molar-refractivity contribution < 1.29 is 9.59 Å². The number of anilines is 1. The molecule has 2 aliphatic heterocycles. The summed E-state index contributed by atoms with van der Waals surface area (Å²) in [5, 5.41) is 9.37. The second-order valence-corrected chi connectivity index (χ2v) is 8.97. The molecule has 3 N–H and O–H groups in total. The Balaban J connectivity index is 1.46. The van der Waals surface area contributed by atoms with Crippen LogP contribution in [0.3, 0.4) is 0 Å². The van der Waals surface area contributed by atoms with Crippen LogP contribution in [0.4, 0.5) is 10.5 Å². The average Bonchev–Trinajstić information content (AvgIpc) is 2.77. The van der Waals surface area contributed by atoms with Crippen molar-refractivity contribution in [2.45, 2.75) is 51.2 Å². The van der Waals surface area contributed by atoms with Crippen LogP contribution in [0, 0.1) is 12.8 Å². The summed E-state index contributed by atoms with van der Waals surface area (Å²) in [6.07, 6.45) is 1.85. The third-order valence-corrected chi connectivity index (χ3v) is 6.76. The first-order valence-corrected chi connectivity index (χ1v) is 11.1. The van der Waals surface area contributed by atoms with Crippen molar-refractivity contribution in [3.63, 3.8) is 0 Å². The summed E-state index contributed by atoms with van der Waals surface area (Å²) in [5.41, 5.74) is 3.84. The molecule has 0 spiro atoms. The molecule has 2 heterocycles. The number of nitrogens with one attached hydrogen (secondary N) is 3. The fourth-order valence-corrected chi connectivity index (χ4v) is 4.96. The molecular formula is C25H32N4O2. The maximum Gasteiger partial charge on any atom is 0.319 e. The molecule has 0 saturated carbocycles. The van der Waals surface area contributed by atoms with Crippen LogP contribution >= 0.6 is 0 Å². The minimum absolute atomic E-state index is 0.171. The predicted molar refractivity (Wildman–Crippen MR) is 123 cm³/mol. The maximum absolute atomic E-state index is 13.2. The fraction of sp³-hybridized carbons (Fsp3) is 0.440. The highest BCUT2D eigenvalue weighted by Gasteiger charge is 2.43. The van der Waals surface area contributed by atoms with Crippen molar-refractivity contribution in [1.29, 1.82) is 0 Å². The highest BCUT2D eigenvalue weighted by atomic mass is 16.2. The lowest BCUT2D eigenvalue weighted by molar-refractivity contribution is -0.140. The van der Waals surface area contributed by atoms with Gasteiger partial charge in [-0.15, -0.1) is 0 Å². The molecule has 0 bridgehead atoms. The molecule has 164 valence electrons. The van der Waals surface area contributed by atoms with Gasteiger partial charge in [0.15, 0.2) is 0 Å². The van der Waals surface area contributed by atoms with Crippen LogP contribution in [0.1, 0.15) is 42.4 Å². The van der Waals surface area contributed by atoms with Crippen molar-refractivity contribution >= 4 is 17.6 Å². The van der Waals surface area contributed by atoms with E-state index < -0.39 is 0 Å². The van der Waals surface area contributed by atoms with E-state index in [1.165, 1.54) is 0 Å². The zero-order chi connectivity index (χ0) is 22.0. The third kappa shape index (κ3) is 4.74. The normalized spacial score (nSPS) is 25.6. The number of aryl methyl sites for hydroxylation is 1. The number of piperidine rings is 2. The first kappa shape index (κ1) is 21.4. The van der Waals surface area contributed by atoms with Crippen molar-refractivity contribution in [3.05, 3.63) is 65.2 Å². The van der Waals surface area contributed by atoms with Gasteiger partial charge in [0.05, 0.1) is 5.92 Å². The Hall–Kier alpha value is -2.86. The molecule has 31 heavy (non-hydrogen) atoms. The van der Waals surface area contributed by atoms with Gasteiger partial charge in [-0.05, 0) is 61.4 Å². The van der Waals surface area contributed by atoms with Gasteiger partial charge in [0.1, 0.15) is 0 Å². The van der Waals surface area contributed by atoms with Crippen LogP contribution in [0.2, 0.25) is 0 Å². The number of rotatable bonds is 4. The minimum atomic E-state index is -0.253. The van der Waals surface area contributed by atoms with Crippen molar-refractivity contribution in [2.24, 2.45) is 5.92 Å². The summed E-state index contributed by atoms with van der Waals surface area (Å²) in [7, 11) is 1.94. The highest BCUT2D eigenvalue weighted by molar-refractivity contribution is 5.90. The summed E-state index contributed by atoms with van der Waals surface area (Å²) in [6.45, 7) is 5.63. The number of carbonyl (C=O) groups excluding carboxylic acids is 2. The van der Waals surface area contributed by atoms with Gasteiger partial charge in [-0.25, -0.2) is 4.79 Å². The van der Waals surface area contributed by atoms with Gasteiger partial charge >= 0.3 is 6.03 Å². The molecule has 0 aromatic heterocycles. The summed E-state index contributed by atoms with van der Waals surface area (Å²) >= 11 is 0. The van der Waals surface area contributed by atoms with E-state index in [1.807, 2.05) is 67.4 Å². The molecule has 6 nitrogen and oxygen atoms in total. The minimum Gasteiger partial charge on any atom is -0.342 e. The Labute approximate surface area is 184 Å². The van der Waals surface area contributed by atoms with E-state index in [9.17, 15) is 9.59 Å². The molecule has 0 radical (unpaired) electrons. The van der Waals surface area contributed by atoms with E-state index in [0.717, 1.165) is 36.1 Å². The number of amides is 3. The summed E-state index contributed by atoms with van der Waals surface area (Å²) in [6, 6.07) is 16.2. The number of hydrogen-bond donors (Lipinski definition) is 3. The SMILES string of the molecule is Cc1ccc(NC(=O)NCc2ccccc2)cc1C1CC2CNC(C)CC2N(C)C1=O. The molecule has 2 aliphatic rings. The number of urea groups is 1. The summed E-state index contributed by atoms with van der Waals surface area (Å²) in [4.78, 5) is 27.6. The Morgan fingerprint density at radius 1 is 1.16 bits per heavy atom. The van der Waals surface area contributed by atoms with Gasteiger partial charge in [0.2, 0.25) is 5.91 Å². The standard InChI is InChI=1S/C25H32N4O2/c1-16-9-10-20(28-25(31)27-14-18-7-5-4-6-8-18)13-21(16)22-12-19-15-26-17(2)11-23(19)29(3)24(22)30/h4-10,13,17,19,22-23,26H,11-12,14-15H2,1-3H3,(H2,27,28,31). The molecular weight excluding hydrogens is 388 g/mol. The number of likely N-dealkylation sites (tertiary alicyclic amines) is 1. The Morgan fingerprint density at radius 3 is 2.71 bits per heavy atom. The molecule has 2 fully saturated rings. The molecule has 0 aliphatic carbocycles. The second-order valence-electron chi connectivity index (χ2n) is 8.97. The average molecular weight is 421 g/mol. The van der Waals surface area contributed by atoms with Crippen molar-refractivity contribution in [1.82, 2.24) is 15.5 Å². The van der Waals surface area contributed by atoms with Gasteiger partial charge in [0.25, 0.3) is 0 Å². The molecule has 4 unspecified atom stereocenters. The highest BCUT2D eigenvalue weighted by Crippen LogP contribution is 2.39. The summed E-state index contributed by atoms with van der Waals surface area (Å²) < 4.78 is 0. The Bertz CT molecular complexity index is 946. The lowest BCUT2D eigenvalue weighted by Crippen LogP contribution is -2.57. The topological polar surface area (TPSA) is 73.5 Å². The van der Waals surface area contributed by atoms with Gasteiger partial charge in [-0.1, -0.05) is 36.4 Å². The van der Waals surface area contributed by atoms with Gasteiger partial charge in [-0.2, -0.15) is 0 Å². The smallest absolute Gasteiger partial charge is 0.319 e. The zero-order valence-corrected chi connectivity index (χ0v) is 18.5. The van der Waals surface area contributed by atoms with Gasteiger partial charge in [-0.3, -0.25) is 4.79 Å². The molecule has 2 aromatic rings. The van der Waals surface area contributed by atoms with E-state index in [0.29, 0.717) is 30.2 Å². The Kier molecular flexibility index (Phi) is 6.28. The molecule has 4 rings (SSSR count). The molecule has 3 amide bonds. The lowest BCUT2D eigenvalue weighted by atomic mass is 9.75. The third-order valence-electron chi connectivity index (χ3n) is 6.76. The van der Waals surface area contributed by atoms with E-state index in [2.05, 4.69) is 22.9 Å². The number of carbonyl (C=O) groups is 2. The zero-order valence-electron chi connectivity index (χ0n) is 18.5. The van der Waals surface area contributed by atoms with E-state index >= 15 is 0 Å². The quantitative estimate of drug-likeness (QED) is 0.707. The van der Waals surface area contributed by atoms with E-state index in [-0.39, 0.29) is 17.9 Å². The second kappa shape index (κ2) is 9.10. The molecule has 2 aromatic carbocycles. The van der Waals surface area contributed by atoms with Crippen molar-refractivity contribution in [3.8, 4) is 0 Å². The fourth-order valence-electron chi connectivity index (χ4n) is 4.96. The van der Waals surface area contributed by atoms with Crippen LogP contribution < -0.4 is 16.0 Å². The molecule has 6 heteroatoms. The maximum atomic E-state index is 13.2. The van der Waals surface area contributed by atoms with E-state index in [4.69, 9.17) is 0 Å². The summed E-state index contributed by atoms with van der Waals surface area (Å²) in [5.74, 6) is 0.466. The van der Waals surface area contributed by atoms with Crippen molar-refractivity contribution in [2.75, 3.05) is 18.9 Å². The first-order chi connectivity index (χ1) is 14.9. The molecule has 2 saturated heterocycles. The Morgan fingerprint density at radius 2 is 1.94 bits per heavy atom. The van der Waals surface area contributed by atoms with Crippen LogP contribution in [-0.2, 0) is 11.3 Å². The predicted octanol–water partition coefficient (Wildman–Crippen LogP) is 3.63. The number of nitrogens with zero attached hydrogens (tertiary/aromatic N) is 1. The van der Waals surface area contributed by atoms with Crippen LogP contribution in [0.25, 0.3) is 0 Å². The van der Waals surface area contributed by atoms with Gasteiger partial charge in [0, 0.05) is 37.9 Å². The number of hydrogen-bond acceptors (Lipinski definition) is 3. The first-order valence-electron chi connectivity index (χ1n) is 11.1. The number of likely N-dealkylation sites (N-methyl/N-ethyl adjacent to an activating group) is 1. The van der Waals surface area contributed by atoms with Gasteiger partial charge < -0.3 is 20.9 Å². The lowest BCUT2D eigenvalue weighted by Gasteiger charge is -2.47. The number of benzene rings is 2. The molecule has 4 atom stereocenters. The monoisotopic (exact) mass is 420 g/mol. The van der Waals surface area contributed by atoms with Crippen LogP contribution in [0.15, 0.2) is 48.5 Å². The van der Waals surface area contributed by atoms with Crippen LogP contribution in [-0.4, -0.2) is 42.5 Å².